The van der Waals surface area contributed by atoms with Crippen molar-refractivity contribution in [3.8, 4) is 0 Å². The highest BCUT2D eigenvalue weighted by atomic mass is 32.2. The standard InChI is InChI=1S/C9H14N4O3S/c1-17(15,16)13-6-5-12-9(14)7-3-2-4-11-8(7)10/h2-4,13H,5-6H2,1H3,(H2,10,11)(H,12,14). The summed E-state index contributed by atoms with van der Waals surface area (Å²) in [5, 5.41) is 2.53. The molecule has 1 aromatic heterocycles. The normalized spacial score (nSPS) is 11.1. The first-order chi connectivity index (χ1) is 7.90. The highest BCUT2D eigenvalue weighted by Crippen LogP contribution is 2.05. The fourth-order valence-corrected chi connectivity index (χ4v) is 1.59. The van der Waals surface area contributed by atoms with Crippen molar-refractivity contribution in [1.29, 1.82) is 0 Å². The van der Waals surface area contributed by atoms with Gasteiger partial charge < -0.3 is 11.1 Å². The average molecular weight is 258 g/mol. The lowest BCUT2D eigenvalue weighted by molar-refractivity contribution is 0.0955. The fourth-order valence-electron chi connectivity index (χ4n) is 1.12. The Morgan fingerprint density at radius 1 is 1.47 bits per heavy atom. The van der Waals surface area contributed by atoms with E-state index in [1.54, 1.807) is 12.1 Å². The number of rotatable bonds is 5. The number of carbonyl (C=O) groups excluding carboxylic acids is 1. The van der Waals surface area contributed by atoms with Gasteiger partial charge in [-0.1, -0.05) is 0 Å². The van der Waals surface area contributed by atoms with Gasteiger partial charge in [0, 0.05) is 19.3 Å². The molecule has 0 saturated carbocycles. The highest BCUT2D eigenvalue weighted by molar-refractivity contribution is 7.88. The van der Waals surface area contributed by atoms with Crippen LogP contribution < -0.4 is 15.8 Å². The zero-order chi connectivity index (χ0) is 12.9. The Hall–Kier alpha value is -1.67. The van der Waals surface area contributed by atoms with E-state index in [2.05, 4.69) is 15.0 Å². The van der Waals surface area contributed by atoms with Gasteiger partial charge >= 0.3 is 0 Å². The van der Waals surface area contributed by atoms with E-state index >= 15 is 0 Å². The summed E-state index contributed by atoms with van der Waals surface area (Å²) in [5.74, 6) is -0.244. The number of nitrogen functional groups attached to an aromatic ring is 1. The molecule has 4 N–H and O–H groups in total. The molecule has 0 radical (unpaired) electrons. The number of amides is 1. The van der Waals surface area contributed by atoms with Crippen LogP contribution in [0.4, 0.5) is 5.82 Å². The smallest absolute Gasteiger partial charge is 0.255 e. The Kier molecular flexibility index (Phi) is 4.41. The minimum Gasteiger partial charge on any atom is -0.383 e. The quantitative estimate of drug-likeness (QED) is 0.583. The highest BCUT2D eigenvalue weighted by Gasteiger charge is 2.09. The molecule has 0 saturated heterocycles. The molecule has 0 aliphatic carbocycles. The number of nitrogens with two attached hydrogens (primary N) is 1. The number of hydrogen-bond donors (Lipinski definition) is 3. The minimum atomic E-state index is -3.23. The molecule has 17 heavy (non-hydrogen) atoms. The molecule has 1 rings (SSSR count). The molecular formula is C9H14N4O3S. The lowest BCUT2D eigenvalue weighted by Crippen LogP contribution is -2.34. The van der Waals surface area contributed by atoms with Crippen LogP contribution in [-0.2, 0) is 10.0 Å². The van der Waals surface area contributed by atoms with Crippen molar-refractivity contribution in [3.05, 3.63) is 23.9 Å². The molecule has 8 heteroatoms. The molecule has 0 aliphatic rings. The molecule has 0 spiro atoms. The first-order valence-corrected chi connectivity index (χ1v) is 6.72. The molecule has 0 aliphatic heterocycles. The zero-order valence-electron chi connectivity index (χ0n) is 9.30. The third-order valence-electron chi connectivity index (χ3n) is 1.86. The zero-order valence-corrected chi connectivity index (χ0v) is 10.1. The molecule has 0 bridgehead atoms. The van der Waals surface area contributed by atoms with E-state index in [1.807, 2.05) is 0 Å². The Morgan fingerprint density at radius 3 is 2.76 bits per heavy atom. The number of nitrogens with one attached hydrogen (secondary N) is 2. The lowest BCUT2D eigenvalue weighted by Gasteiger charge is -2.06. The van der Waals surface area contributed by atoms with E-state index in [9.17, 15) is 13.2 Å². The number of carbonyl (C=O) groups is 1. The van der Waals surface area contributed by atoms with Crippen LogP contribution >= 0.6 is 0 Å². The lowest BCUT2D eigenvalue weighted by atomic mass is 10.2. The van der Waals surface area contributed by atoms with Gasteiger partial charge in [0.15, 0.2) is 0 Å². The maximum atomic E-state index is 11.6. The predicted octanol–water partition coefficient (Wildman–Crippen LogP) is -1.06. The third-order valence-corrected chi connectivity index (χ3v) is 2.59. The molecule has 7 nitrogen and oxygen atoms in total. The maximum absolute atomic E-state index is 11.6. The van der Waals surface area contributed by atoms with Gasteiger partial charge in [-0.3, -0.25) is 4.79 Å². The number of sulfonamides is 1. The van der Waals surface area contributed by atoms with Gasteiger partial charge in [-0.15, -0.1) is 0 Å². The van der Waals surface area contributed by atoms with Crippen molar-refractivity contribution in [2.45, 2.75) is 0 Å². The number of nitrogens with zero attached hydrogens (tertiary/aromatic N) is 1. The van der Waals surface area contributed by atoms with Crippen LogP contribution in [0.2, 0.25) is 0 Å². The second-order valence-electron chi connectivity index (χ2n) is 3.36. The Bertz CT molecular complexity index is 501. The van der Waals surface area contributed by atoms with Crippen LogP contribution in [0.15, 0.2) is 18.3 Å². The first kappa shape index (κ1) is 13.4. The van der Waals surface area contributed by atoms with Crippen molar-refractivity contribution in [2.24, 2.45) is 0 Å². The number of aromatic nitrogens is 1. The molecule has 0 unspecified atom stereocenters. The monoisotopic (exact) mass is 258 g/mol. The number of pyridine rings is 1. The molecular weight excluding hydrogens is 244 g/mol. The van der Waals surface area contributed by atoms with E-state index in [1.165, 1.54) is 6.20 Å². The van der Waals surface area contributed by atoms with E-state index in [0.29, 0.717) is 0 Å². The van der Waals surface area contributed by atoms with Gasteiger partial charge in [-0.25, -0.2) is 18.1 Å². The first-order valence-electron chi connectivity index (χ1n) is 4.83. The Balaban J connectivity index is 2.44. The van der Waals surface area contributed by atoms with E-state index in [0.717, 1.165) is 6.26 Å². The Labute approximate surface area is 99.5 Å². The van der Waals surface area contributed by atoms with E-state index in [4.69, 9.17) is 5.73 Å². The number of anilines is 1. The van der Waals surface area contributed by atoms with Gasteiger partial charge in [-0.2, -0.15) is 0 Å². The summed E-state index contributed by atoms with van der Waals surface area (Å²) < 4.78 is 23.7. The molecule has 1 aromatic rings. The van der Waals surface area contributed by atoms with Crippen molar-refractivity contribution < 1.29 is 13.2 Å². The third kappa shape index (κ3) is 4.79. The summed E-state index contributed by atoms with van der Waals surface area (Å²) in [6.45, 7) is 0.310. The summed E-state index contributed by atoms with van der Waals surface area (Å²) in [7, 11) is -3.23. The van der Waals surface area contributed by atoms with E-state index in [-0.39, 0.29) is 30.4 Å². The van der Waals surface area contributed by atoms with Gasteiger partial charge in [0.05, 0.1) is 11.8 Å². The van der Waals surface area contributed by atoms with Crippen LogP contribution in [-0.4, -0.2) is 38.7 Å². The van der Waals surface area contributed by atoms with Crippen LogP contribution in [0.25, 0.3) is 0 Å². The van der Waals surface area contributed by atoms with Gasteiger partial charge in [-0.05, 0) is 12.1 Å². The minimum absolute atomic E-state index is 0.130. The molecule has 94 valence electrons. The van der Waals surface area contributed by atoms with Crippen LogP contribution in [0, 0.1) is 0 Å². The topological polar surface area (TPSA) is 114 Å². The summed E-state index contributed by atoms with van der Waals surface area (Å²) >= 11 is 0. The fraction of sp³-hybridized carbons (Fsp3) is 0.333. The van der Waals surface area contributed by atoms with Crippen molar-refractivity contribution >= 4 is 21.7 Å². The summed E-state index contributed by atoms with van der Waals surface area (Å²) in [5.41, 5.74) is 5.78. The van der Waals surface area contributed by atoms with Gasteiger partial charge in [0.1, 0.15) is 5.82 Å². The van der Waals surface area contributed by atoms with E-state index < -0.39 is 10.0 Å². The number of hydrogen-bond acceptors (Lipinski definition) is 5. The maximum Gasteiger partial charge on any atom is 0.255 e. The Morgan fingerprint density at radius 2 is 2.18 bits per heavy atom. The summed E-state index contributed by atoms with van der Waals surface area (Å²) in [4.78, 5) is 15.4. The summed E-state index contributed by atoms with van der Waals surface area (Å²) in [6.07, 6.45) is 2.53. The molecule has 1 heterocycles. The second-order valence-corrected chi connectivity index (χ2v) is 5.19. The van der Waals surface area contributed by atoms with Crippen LogP contribution in [0.3, 0.4) is 0 Å². The van der Waals surface area contributed by atoms with Crippen molar-refractivity contribution in [1.82, 2.24) is 15.0 Å². The molecule has 0 atom stereocenters. The van der Waals surface area contributed by atoms with Gasteiger partial charge in [0.2, 0.25) is 10.0 Å². The largest absolute Gasteiger partial charge is 0.383 e. The van der Waals surface area contributed by atoms with Crippen LogP contribution in [0.5, 0.6) is 0 Å². The average Bonchev–Trinajstić information content (AvgIpc) is 2.23. The second kappa shape index (κ2) is 5.60. The predicted molar refractivity (Wildman–Crippen MR) is 63.8 cm³/mol. The van der Waals surface area contributed by atoms with Crippen LogP contribution in [0.1, 0.15) is 10.4 Å². The summed E-state index contributed by atoms with van der Waals surface area (Å²) in [6, 6.07) is 3.14. The van der Waals surface area contributed by atoms with Crippen molar-refractivity contribution in [2.75, 3.05) is 25.1 Å². The molecule has 1 amide bonds. The SMILES string of the molecule is CS(=O)(=O)NCCNC(=O)c1cccnc1N. The molecule has 0 fully saturated rings. The molecule has 0 aromatic carbocycles. The van der Waals surface area contributed by atoms with Gasteiger partial charge in [0.25, 0.3) is 5.91 Å². The van der Waals surface area contributed by atoms with Crippen molar-refractivity contribution in [3.63, 3.8) is 0 Å².